The van der Waals surface area contributed by atoms with E-state index in [0.29, 0.717) is 25.8 Å². The maximum atomic E-state index is 12.6. The standard InChI is InChI=1S/C22H28N2O3/c1-23-13-15-12-20-18(17-7-6-8-19(23)21(15)17)11-16(14-24(20)2)22(25)27-10-5-4-9-26-3/h6-8,11,13,16,20H,4-5,9-10,12,14H2,1-3H3/t16-,20-/m1/s1. The second-order valence-corrected chi connectivity index (χ2v) is 7.72. The number of carbonyl (C=O) groups is 1. The van der Waals surface area contributed by atoms with Gasteiger partial charge in [-0.3, -0.25) is 9.69 Å². The van der Waals surface area contributed by atoms with Gasteiger partial charge in [-0.05, 0) is 49.1 Å². The van der Waals surface area contributed by atoms with E-state index in [9.17, 15) is 4.79 Å². The number of carbonyl (C=O) groups excluding carboxylic acids is 1. The third kappa shape index (κ3) is 3.30. The van der Waals surface area contributed by atoms with E-state index >= 15 is 0 Å². The lowest BCUT2D eigenvalue weighted by Crippen LogP contribution is -2.44. The summed E-state index contributed by atoms with van der Waals surface area (Å²) in [7, 11) is 5.91. The number of hydrogen-bond donors (Lipinski definition) is 0. The lowest BCUT2D eigenvalue weighted by Gasteiger charge is -2.39. The first kappa shape index (κ1) is 18.3. The summed E-state index contributed by atoms with van der Waals surface area (Å²) in [4.78, 5) is 14.9. The number of likely N-dealkylation sites (N-methyl/N-ethyl adjacent to an activating group) is 1. The Morgan fingerprint density at radius 2 is 2.04 bits per heavy atom. The Morgan fingerprint density at radius 3 is 2.85 bits per heavy atom. The van der Waals surface area contributed by atoms with Crippen LogP contribution in [0.2, 0.25) is 0 Å². The van der Waals surface area contributed by atoms with Crippen LogP contribution in [0.1, 0.15) is 24.0 Å². The Bertz CT molecular complexity index is 883. The summed E-state index contributed by atoms with van der Waals surface area (Å²) in [6.45, 7) is 1.88. The molecule has 5 nitrogen and oxygen atoms in total. The number of aryl methyl sites for hydroxylation is 1. The fraction of sp³-hybridized carbons (Fsp3) is 0.500. The van der Waals surface area contributed by atoms with E-state index in [4.69, 9.17) is 9.47 Å². The molecule has 2 aliphatic rings. The Morgan fingerprint density at radius 1 is 1.22 bits per heavy atom. The number of fused-ring (bicyclic) bond motifs is 2. The van der Waals surface area contributed by atoms with Gasteiger partial charge in [-0.25, -0.2) is 0 Å². The molecule has 5 heteroatoms. The van der Waals surface area contributed by atoms with Crippen molar-refractivity contribution in [1.82, 2.24) is 9.47 Å². The SMILES string of the molecule is COCCCCOC(=O)[C@@H]1C=C2c3cccc4c3c(cn4C)C[C@H]2N(C)C1. The summed E-state index contributed by atoms with van der Waals surface area (Å²) < 4.78 is 12.8. The molecule has 27 heavy (non-hydrogen) atoms. The highest BCUT2D eigenvalue weighted by molar-refractivity contribution is 5.99. The number of ether oxygens (including phenoxy) is 2. The van der Waals surface area contributed by atoms with Gasteiger partial charge in [0.15, 0.2) is 0 Å². The van der Waals surface area contributed by atoms with Crippen molar-refractivity contribution in [2.45, 2.75) is 25.3 Å². The zero-order valence-electron chi connectivity index (χ0n) is 16.4. The molecule has 0 amide bonds. The van der Waals surface area contributed by atoms with Gasteiger partial charge in [0.1, 0.15) is 0 Å². The van der Waals surface area contributed by atoms with Gasteiger partial charge in [-0.1, -0.05) is 18.2 Å². The number of rotatable bonds is 6. The predicted octanol–water partition coefficient (Wildman–Crippen LogP) is 3.02. The number of aromatic nitrogens is 1. The van der Waals surface area contributed by atoms with E-state index in [1.165, 1.54) is 27.6 Å². The fourth-order valence-corrected chi connectivity index (χ4v) is 4.50. The smallest absolute Gasteiger partial charge is 0.314 e. The molecule has 0 radical (unpaired) electrons. The van der Waals surface area contributed by atoms with Crippen LogP contribution < -0.4 is 0 Å². The molecule has 1 aromatic heterocycles. The fourth-order valence-electron chi connectivity index (χ4n) is 4.50. The number of nitrogens with zero attached hydrogens (tertiary/aromatic N) is 2. The number of unbranched alkanes of at least 4 members (excludes halogenated alkanes) is 1. The molecule has 0 spiro atoms. The molecule has 0 saturated carbocycles. The molecule has 1 aromatic carbocycles. The summed E-state index contributed by atoms with van der Waals surface area (Å²) in [5.74, 6) is -0.319. The minimum Gasteiger partial charge on any atom is -0.465 e. The van der Waals surface area contributed by atoms with Gasteiger partial charge in [0, 0.05) is 50.5 Å². The van der Waals surface area contributed by atoms with Crippen LogP contribution in [0.4, 0.5) is 0 Å². The van der Waals surface area contributed by atoms with E-state index in [1.54, 1.807) is 7.11 Å². The molecule has 0 bridgehead atoms. The van der Waals surface area contributed by atoms with Gasteiger partial charge in [-0.2, -0.15) is 0 Å². The molecule has 0 fully saturated rings. The number of benzene rings is 1. The van der Waals surface area contributed by atoms with Crippen molar-refractivity contribution < 1.29 is 14.3 Å². The average Bonchev–Trinajstić information content (AvgIpc) is 2.99. The highest BCUT2D eigenvalue weighted by atomic mass is 16.5. The van der Waals surface area contributed by atoms with Gasteiger partial charge in [0.25, 0.3) is 0 Å². The Balaban J connectivity index is 1.58. The van der Waals surface area contributed by atoms with Crippen molar-refractivity contribution in [1.29, 1.82) is 0 Å². The quantitative estimate of drug-likeness (QED) is 0.581. The maximum Gasteiger partial charge on any atom is 0.314 e. The average molecular weight is 368 g/mol. The first-order valence-electron chi connectivity index (χ1n) is 9.75. The normalized spacial score (nSPS) is 21.8. The van der Waals surface area contributed by atoms with Crippen LogP contribution in [-0.2, 0) is 27.7 Å². The molecule has 2 atom stereocenters. The van der Waals surface area contributed by atoms with E-state index in [0.717, 1.165) is 19.3 Å². The van der Waals surface area contributed by atoms with Gasteiger partial charge >= 0.3 is 5.97 Å². The van der Waals surface area contributed by atoms with Crippen molar-refractivity contribution in [2.75, 3.05) is 33.9 Å². The van der Waals surface area contributed by atoms with Crippen molar-refractivity contribution in [2.24, 2.45) is 13.0 Å². The molecule has 1 aliphatic heterocycles. The molecular formula is C22H28N2O3. The van der Waals surface area contributed by atoms with Crippen molar-refractivity contribution in [3.63, 3.8) is 0 Å². The van der Waals surface area contributed by atoms with Crippen molar-refractivity contribution in [3.8, 4) is 0 Å². The van der Waals surface area contributed by atoms with Gasteiger partial charge in [0.2, 0.25) is 0 Å². The van der Waals surface area contributed by atoms with Crippen LogP contribution in [0.25, 0.3) is 16.5 Å². The summed E-state index contributed by atoms with van der Waals surface area (Å²) >= 11 is 0. The Hall–Kier alpha value is -2.11. The molecule has 0 unspecified atom stereocenters. The predicted molar refractivity (Wildman–Crippen MR) is 107 cm³/mol. The van der Waals surface area contributed by atoms with Gasteiger partial charge < -0.3 is 14.0 Å². The molecule has 4 rings (SSSR count). The third-order valence-electron chi connectivity index (χ3n) is 5.86. The van der Waals surface area contributed by atoms with Crippen LogP contribution in [0, 0.1) is 5.92 Å². The number of hydrogen-bond acceptors (Lipinski definition) is 4. The Labute approximate surface area is 160 Å². The van der Waals surface area contributed by atoms with Crippen LogP contribution >= 0.6 is 0 Å². The minimum atomic E-state index is -0.204. The molecular weight excluding hydrogens is 340 g/mol. The topological polar surface area (TPSA) is 43.7 Å². The molecule has 0 saturated heterocycles. The van der Waals surface area contributed by atoms with E-state index in [1.807, 2.05) is 0 Å². The zero-order chi connectivity index (χ0) is 19.0. The summed E-state index contributed by atoms with van der Waals surface area (Å²) in [5, 5.41) is 1.34. The van der Waals surface area contributed by atoms with Crippen molar-refractivity contribution in [3.05, 3.63) is 41.6 Å². The maximum absolute atomic E-state index is 12.6. The molecule has 2 heterocycles. The number of methoxy groups -OCH3 is 1. The van der Waals surface area contributed by atoms with Gasteiger partial charge in [0.05, 0.1) is 12.5 Å². The lowest BCUT2D eigenvalue weighted by atomic mass is 9.80. The van der Waals surface area contributed by atoms with Crippen LogP contribution in [0.5, 0.6) is 0 Å². The summed E-state index contributed by atoms with van der Waals surface area (Å²) in [5.41, 5.74) is 5.20. The van der Waals surface area contributed by atoms with E-state index in [-0.39, 0.29) is 11.9 Å². The second-order valence-electron chi connectivity index (χ2n) is 7.72. The lowest BCUT2D eigenvalue weighted by molar-refractivity contribution is -0.147. The van der Waals surface area contributed by atoms with Crippen LogP contribution in [0.15, 0.2) is 30.5 Å². The van der Waals surface area contributed by atoms with Gasteiger partial charge in [-0.15, -0.1) is 0 Å². The second kappa shape index (κ2) is 7.49. The van der Waals surface area contributed by atoms with Crippen molar-refractivity contribution >= 4 is 22.4 Å². The van der Waals surface area contributed by atoms with E-state index in [2.05, 4.69) is 54.0 Å². The largest absolute Gasteiger partial charge is 0.465 e. The van der Waals surface area contributed by atoms with Crippen LogP contribution in [0.3, 0.4) is 0 Å². The molecule has 0 N–H and O–H groups in total. The molecule has 2 aromatic rings. The highest BCUT2D eigenvalue weighted by Gasteiger charge is 2.36. The Kier molecular flexibility index (Phi) is 5.06. The van der Waals surface area contributed by atoms with Crippen LogP contribution in [-0.4, -0.2) is 55.4 Å². The highest BCUT2D eigenvalue weighted by Crippen LogP contribution is 2.41. The van der Waals surface area contributed by atoms with E-state index < -0.39 is 0 Å². The zero-order valence-corrected chi connectivity index (χ0v) is 16.4. The third-order valence-corrected chi connectivity index (χ3v) is 5.86. The molecule has 1 aliphatic carbocycles. The minimum absolute atomic E-state index is 0.115. The monoisotopic (exact) mass is 368 g/mol. The first-order chi connectivity index (χ1) is 13.1. The first-order valence-corrected chi connectivity index (χ1v) is 9.75. The summed E-state index contributed by atoms with van der Waals surface area (Å²) in [6, 6.07) is 6.80. The number of esters is 1. The summed E-state index contributed by atoms with van der Waals surface area (Å²) in [6.07, 6.45) is 7.16. The molecule has 144 valence electrons.